The molecule has 3 nitrogen and oxygen atoms in total. The number of benzene rings is 7. The van der Waals surface area contributed by atoms with Crippen LogP contribution in [0.4, 0.5) is 5.69 Å². The third-order valence-electron chi connectivity index (χ3n) is 10.8. The molecule has 0 spiro atoms. The molecule has 7 aromatic carbocycles. The Kier molecular flexibility index (Phi) is 6.92. The summed E-state index contributed by atoms with van der Waals surface area (Å²) in [4.78, 5) is 2.64. The second kappa shape index (κ2) is 11.9. The lowest BCUT2D eigenvalue weighted by atomic mass is 9.98. The minimum absolute atomic E-state index is 0.126. The molecule has 51 heavy (non-hydrogen) atoms. The van der Waals surface area contributed by atoms with Gasteiger partial charge in [-0.1, -0.05) is 134 Å². The number of hydrogen-bond acceptors (Lipinski definition) is 1. The number of nitrogens with zero attached hydrogens (tertiary/aromatic N) is 3. The Morgan fingerprint density at radius 3 is 1.61 bits per heavy atom. The van der Waals surface area contributed by atoms with Gasteiger partial charge in [0.15, 0.2) is 0 Å². The van der Waals surface area contributed by atoms with Crippen LogP contribution >= 0.6 is 0 Å². The Hall–Kier alpha value is -6.32. The monoisotopic (exact) mass is 655 g/mol. The van der Waals surface area contributed by atoms with Gasteiger partial charge in [0.25, 0.3) is 0 Å². The Bertz CT molecular complexity index is 2740. The van der Waals surface area contributed by atoms with E-state index < -0.39 is 0 Å². The quantitative estimate of drug-likeness (QED) is 0.174. The molecule has 0 fully saturated rings. The first-order chi connectivity index (χ1) is 25.3. The van der Waals surface area contributed by atoms with Crippen molar-refractivity contribution in [2.45, 2.75) is 25.4 Å². The van der Waals surface area contributed by atoms with Crippen molar-refractivity contribution in [2.24, 2.45) is 0 Å². The van der Waals surface area contributed by atoms with Gasteiger partial charge in [0.1, 0.15) is 0 Å². The van der Waals surface area contributed by atoms with Gasteiger partial charge in [-0.05, 0) is 77.7 Å². The molecule has 3 heteroatoms. The van der Waals surface area contributed by atoms with Crippen LogP contribution in [0.3, 0.4) is 0 Å². The van der Waals surface area contributed by atoms with Crippen molar-refractivity contribution in [3.05, 3.63) is 193 Å². The molecule has 0 radical (unpaired) electrons. The predicted octanol–water partition coefficient (Wildman–Crippen LogP) is 12.3. The molecular formula is C48H37N3. The summed E-state index contributed by atoms with van der Waals surface area (Å²) in [5.74, 6) is 0. The van der Waals surface area contributed by atoms with E-state index in [1.807, 2.05) is 0 Å². The van der Waals surface area contributed by atoms with E-state index in [0.29, 0.717) is 0 Å². The zero-order chi connectivity index (χ0) is 33.9. The van der Waals surface area contributed by atoms with Crippen LogP contribution in [-0.4, -0.2) is 15.2 Å². The van der Waals surface area contributed by atoms with Gasteiger partial charge in [-0.2, -0.15) is 0 Å². The van der Waals surface area contributed by atoms with Gasteiger partial charge in [-0.15, -0.1) is 0 Å². The van der Waals surface area contributed by atoms with Gasteiger partial charge in [0.2, 0.25) is 0 Å². The number of fused-ring (bicyclic) bond motifs is 6. The zero-order valence-corrected chi connectivity index (χ0v) is 28.5. The number of aromatic nitrogens is 2. The molecule has 0 saturated carbocycles. The van der Waals surface area contributed by atoms with Crippen LogP contribution < -0.4 is 4.90 Å². The normalized spacial score (nSPS) is 16.1. The minimum Gasteiger partial charge on any atom is -0.354 e. The first-order valence-electron chi connectivity index (χ1n) is 18.0. The minimum atomic E-state index is 0.126. The van der Waals surface area contributed by atoms with Gasteiger partial charge >= 0.3 is 0 Å². The molecule has 0 amide bonds. The lowest BCUT2D eigenvalue weighted by Gasteiger charge is -2.34. The van der Waals surface area contributed by atoms with Crippen molar-refractivity contribution in [3.63, 3.8) is 0 Å². The number of para-hydroxylation sites is 3. The first-order valence-corrected chi connectivity index (χ1v) is 18.0. The first kappa shape index (κ1) is 29.6. The Morgan fingerprint density at radius 1 is 0.431 bits per heavy atom. The van der Waals surface area contributed by atoms with Crippen molar-refractivity contribution in [1.29, 1.82) is 0 Å². The van der Waals surface area contributed by atoms with Crippen LogP contribution in [-0.2, 0) is 0 Å². The highest BCUT2D eigenvalue weighted by molar-refractivity contribution is 6.19. The maximum absolute atomic E-state index is 2.64. The van der Waals surface area contributed by atoms with Crippen molar-refractivity contribution in [2.75, 3.05) is 4.90 Å². The molecule has 2 unspecified atom stereocenters. The van der Waals surface area contributed by atoms with E-state index in [1.165, 1.54) is 71.7 Å². The number of rotatable bonds is 6. The van der Waals surface area contributed by atoms with Crippen LogP contribution in [0.2, 0.25) is 0 Å². The smallest absolute Gasteiger partial charge is 0.0739 e. The van der Waals surface area contributed by atoms with E-state index in [1.54, 1.807) is 0 Å². The largest absolute Gasteiger partial charge is 0.354 e. The third-order valence-corrected chi connectivity index (χ3v) is 10.8. The molecule has 244 valence electrons. The predicted molar refractivity (Wildman–Crippen MR) is 215 cm³/mol. The fraction of sp³-hybridized carbons (Fsp3) is 0.0833. The van der Waals surface area contributed by atoms with Gasteiger partial charge in [0, 0.05) is 38.6 Å². The molecule has 9 aromatic rings. The number of anilines is 1. The van der Waals surface area contributed by atoms with E-state index >= 15 is 0 Å². The summed E-state index contributed by atoms with van der Waals surface area (Å²) in [6, 6.07) is 64.7. The van der Waals surface area contributed by atoms with E-state index in [9.17, 15) is 0 Å². The van der Waals surface area contributed by atoms with Crippen molar-refractivity contribution < 1.29 is 0 Å². The highest BCUT2D eigenvalue weighted by atomic mass is 15.2. The third kappa shape index (κ3) is 4.65. The van der Waals surface area contributed by atoms with Crippen molar-refractivity contribution in [3.8, 4) is 11.4 Å². The maximum Gasteiger partial charge on any atom is 0.0739 e. The van der Waals surface area contributed by atoms with Gasteiger partial charge < -0.3 is 14.0 Å². The van der Waals surface area contributed by atoms with Crippen LogP contribution in [0.15, 0.2) is 182 Å². The zero-order valence-electron chi connectivity index (χ0n) is 28.5. The molecule has 0 N–H and O–H groups in total. The fourth-order valence-corrected chi connectivity index (χ4v) is 8.65. The van der Waals surface area contributed by atoms with Crippen LogP contribution in [0.5, 0.6) is 0 Å². The highest BCUT2D eigenvalue weighted by Crippen LogP contribution is 2.45. The highest BCUT2D eigenvalue weighted by Gasteiger charge is 2.35. The molecule has 0 aliphatic carbocycles. The topological polar surface area (TPSA) is 13.1 Å². The average Bonchev–Trinajstić information content (AvgIpc) is 3.86. The lowest BCUT2D eigenvalue weighted by molar-refractivity contribution is 0.667. The maximum atomic E-state index is 2.64. The summed E-state index contributed by atoms with van der Waals surface area (Å²) in [7, 11) is 0. The molecule has 1 aliphatic heterocycles. The molecule has 0 saturated heterocycles. The number of hydrogen-bond donors (Lipinski definition) is 0. The SMILES string of the molecule is CCC1C(c2ccccc2)=CC(c2ccccc2)N1c1cccc(-n2c3ccccc3c3cc4c5ccccc5n(-c5ccccc5)c4cc32)c1. The summed E-state index contributed by atoms with van der Waals surface area (Å²) in [5.41, 5.74) is 12.4. The molecule has 10 rings (SSSR count). The van der Waals surface area contributed by atoms with Crippen molar-refractivity contribution >= 4 is 54.9 Å². The van der Waals surface area contributed by atoms with E-state index in [0.717, 1.165) is 12.1 Å². The van der Waals surface area contributed by atoms with Gasteiger partial charge in [0.05, 0.1) is 34.2 Å². The summed E-state index contributed by atoms with van der Waals surface area (Å²) < 4.78 is 4.89. The molecule has 2 aromatic heterocycles. The van der Waals surface area contributed by atoms with Crippen molar-refractivity contribution in [1.82, 2.24) is 9.13 Å². The van der Waals surface area contributed by atoms with E-state index in [4.69, 9.17) is 0 Å². The Balaban J connectivity index is 1.20. The second-order valence-electron chi connectivity index (χ2n) is 13.6. The summed E-state index contributed by atoms with van der Waals surface area (Å²) >= 11 is 0. The fourth-order valence-electron chi connectivity index (χ4n) is 8.65. The summed E-state index contributed by atoms with van der Waals surface area (Å²) in [5, 5.41) is 5.07. The van der Waals surface area contributed by atoms with Crippen LogP contribution in [0, 0.1) is 0 Å². The molecule has 0 bridgehead atoms. The molecule has 3 heterocycles. The van der Waals surface area contributed by atoms with Gasteiger partial charge in [-0.3, -0.25) is 0 Å². The van der Waals surface area contributed by atoms with Crippen LogP contribution in [0.1, 0.15) is 30.5 Å². The lowest BCUT2D eigenvalue weighted by Crippen LogP contribution is -2.33. The summed E-state index contributed by atoms with van der Waals surface area (Å²) in [6.45, 7) is 2.32. The van der Waals surface area contributed by atoms with E-state index in [-0.39, 0.29) is 12.1 Å². The Labute approximate surface area is 297 Å². The molecular weight excluding hydrogens is 619 g/mol. The molecule has 1 aliphatic rings. The average molecular weight is 656 g/mol. The van der Waals surface area contributed by atoms with Crippen LogP contribution in [0.25, 0.3) is 60.6 Å². The summed E-state index contributed by atoms with van der Waals surface area (Å²) in [6.07, 6.45) is 3.50. The standard InChI is InChI=1S/C48H37N3/c1-2-43-40(33-17-6-3-7-18-33)31-46(34-19-8-4-9-20-34)50(43)36-23-16-24-37(29-36)51-45-28-15-13-26-39(45)42-30-41-38-25-12-14-27-44(38)49(47(41)32-48(42)51)35-21-10-5-11-22-35/h3-32,43,46H,2H2,1H3. The molecule has 2 atom stereocenters. The van der Waals surface area contributed by atoms with Gasteiger partial charge in [-0.25, -0.2) is 0 Å². The second-order valence-corrected chi connectivity index (χ2v) is 13.6. The van der Waals surface area contributed by atoms with E-state index in [2.05, 4.69) is 203 Å². The Morgan fingerprint density at radius 2 is 0.961 bits per heavy atom.